The first-order chi connectivity index (χ1) is 14.3. The molecule has 0 amide bonds. The third kappa shape index (κ3) is 4.51. The number of nitro benzene ring substituents is 1. The van der Waals surface area contributed by atoms with Gasteiger partial charge in [-0.15, -0.1) is 0 Å². The molecular weight excluding hydrogens is 390 g/mol. The van der Waals surface area contributed by atoms with E-state index >= 15 is 0 Å². The van der Waals surface area contributed by atoms with Crippen molar-refractivity contribution in [3.63, 3.8) is 0 Å². The maximum absolute atomic E-state index is 12.6. The van der Waals surface area contributed by atoms with Gasteiger partial charge in [0, 0.05) is 43.2 Å². The summed E-state index contributed by atoms with van der Waals surface area (Å²) in [6, 6.07) is 5.76. The highest BCUT2D eigenvalue weighted by atomic mass is 16.6. The second kappa shape index (κ2) is 9.08. The number of aryl methyl sites for hydroxylation is 1. The Labute approximate surface area is 174 Å². The van der Waals surface area contributed by atoms with E-state index in [-0.39, 0.29) is 28.8 Å². The van der Waals surface area contributed by atoms with Crippen LogP contribution in [0.1, 0.15) is 44.9 Å². The number of nitro groups is 1. The first-order valence-corrected chi connectivity index (χ1v) is 9.76. The summed E-state index contributed by atoms with van der Waals surface area (Å²) in [6.45, 7) is 4.79. The minimum atomic E-state index is -0.790. The molecule has 9 nitrogen and oxygen atoms in total. The van der Waals surface area contributed by atoms with E-state index in [1.165, 1.54) is 12.1 Å². The van der Waals surface area contributed by atoms with Gasteiger partial charge in [0.25, 0.3) is 5.69 Å². The van der Waals surface area contributed by atoms with E-state index in [0.717, 1.165) is 36.9 Å². The fourth-order valence-corrected chi connectivity index (χ4v) is 3.67. The number of esters is 1. The van der Waals surface area contributed by atoms with Crippen molar-refractivity contribution in [1.29, 1.82) is 0 Å². The molecule has 0 spiro atoms. The van der Waals surface area contributed by atoms with Crippen LogP contribution >= 0.6 is 0 Å². The van der Waals surface area contributed by atoms with Gasteiger partial charge in [0.1, 0.15) is 5.69 Å². The Bertz CT molecular complexity index is 975. The van der Waals surface area contributed by atoms with Crippen molar-refractivity contribution in [2.75, 3.05) is 25.6 Å². The number of benzene rings is 1. The van der Waals surface area contributed by atoms with Gasteiger partial charge in [-0.2, -0.15) is 0 Å². The van der Waals surface area contributed by atoms with Crippen LogP contribution in [-0.4, -0.2) is 47.6 Å². The first-order valence-electron chi connectivity index (χ1n) is 9.76. The summed E-state index contributed by atoms with van der Waals surface area (Å²) in [4.78, 5) is 35.5. The Morgan fingerprint density at radius 2 is 2.10 bits per heavy atom. The SMILES string of the molecule is CNc1ccc(C(=O)OCC(=O)c2cc(C)n(C[C@H]3CCCO3)c2C)cc1[N+](=O)[O-]. The maximum Gasteiger partial charge on any atom is 0.338 e. The van der Waals surface area contributed by atoms with Crippen LogP contribution in [0.5, 0.6) is 0 Å². The number of hydrogen-bond donors (Lipinski definition) is 1. The molecule has 0 aliphatic carbocycles. The number of nitrogens with zero attached hydrogens (tertiary/aromatic N) is 2. The highest BCUT2D eigenvalue weighted by molar-refractivity contribution is 6.00. The van der Waals surface area contributed by atoms with Crippen LogP contribution in [0.2, 0.25) is 0 Å². The Kier molecular flexibility index (Phi) is 6.51. The molecule has 0 unspecified atom stereocenters. The van der Waals surface area contributed by atoms with E-state index in [2.05, 4.69) is 5.32 Å². The maximum atomic E-state index is 12.6. The molecule has 30 heavy (non-hydrogen) atoms. The molecule has 2 aromatic rings. The summed E-state index contributed by atoms with van der Waals surface area (Å²) in [7, 11) is 1.55. The Balaban J connectivity index is 1.67. The predicted molar refractivity (Wildman–Crippen MR) is 110 cm³/mol. The fourth-order valence-electron chi connectivity index (χ4n) is 3.67. The molecule has 1 aromatic heterocycles. The fraction of sp³-hybridized carbons (Fsp3) is 0.429. The summed E-state index contributed by atoms with van der Waals surface area (Å²) < 4.78 is 12.9. The van der Waals surface area contributed by atoms with Gasteiger partial charge in [0.2, 0.25) is 5.78 Å². The van der Waals surface area contributed by atoms with Crippen molar-refractivity contribution in [3.05, 3.63) is 56.9 Å². The zero-order valence-corrected chi connectivity index (χ0v) is 17.3. The summed E-state index contributed by atoms with van der Waals surface area (Å²) in [6.07, 6.45) is 2.18. The molecular formula is C21H25N3O6. The van der Waals surface area contributed by atoms with Crippen molar-refractivity contribution in [2.24, 2.45) is 0 Å². The number of ketones is 1. The number of rotatable bonds is 8. The van der Waals surface area contributed by atoms with E-state index < -0.39 is 17.5 Å². The summed E-state index contributed by atoms with van der Waals surface area (Å²) >= 11 is 0. The average Bonchev–Trinajstić information content (AvgIpc) is 3.35. The number of carbonyl (C=O) groups excluding carboxylic acids is 2. The molecule has 2 heterocycles. The molecule has 0 radical (unpaired) electrons. The van der Waals surface area contributed by atoms with E-state index in [4.69, 9.17) is 9.47 Å². The van der Waals surface area contributed by atoms with E-state index in [1.807, 2.05) is 18.4 Å². The molecule has 1 atom stereocenters. The smallest absolute Gasteiger partial charge is 0.338 e. The third-order valence-corrected chi connectivity index (χ3v) is 5.32. The predicted octanol–water partition coefficient (Wildman–Crippen LogP) is 3.27. The zero-order chi connectivity index (χ0) is 21.8. The molecule has 0 bridgehead atoms. The minimum Gasteiger partial charge on any atom is -0.454 e. The van der Waals surface area contributed by atoms with Crippen LogP contribution in [-0.2, 0) is 16.0 Å². The standard InChI is InChI=1S/C21H25N3O6/c1-13-9-17(14(2)23(13)11-16-5-4-8-29-16)20(25)12-30-21(26)15-6-7-18(22-3)19(10-15)24(27)28/h6-7,9-10,16,22H,4-5,8,11-12H2,1-3H3/t16-/m1/s1. The van der Waals surface area contributed by atoms with Gasteiger partial charge in [0.15, 0.2) is 6.61 Å². The lowest BCUT2D eigenvalue weighted by Gasteiger charge is -2.14. The molecule has 0 saturated carbocycles. The number of carbonyl (C=O) groups is 2. The van der Waals surface area contributed by atoms with Crippen molar-refractivity contribution in [1.82, 2.24) is 4.57 Å². The number of ether oxygens (including phenoxy) is 2. The Morgan fingerprint density at radius 1 is 1.33 bits per heavy atom. The molecule has 1 aliphatic heterocycles. The second-order valence-corrected chi connectivity index (χ2v) is 7.27. The lowest BCUT2D eigenvalue weighted by molar-refractivity contribution is -0.384. The molecule has 1 aliphatic rings. The van der Waals surface area contributed by atoms with Gasteiger partial charge in [0.05, 0.1) is 16.6 Å². The topological polar surface area (TPSA) is 113 Å². The van der Waals surface area contributed by atoms with Crippen molar-refractivity contribution < 1.29 is 24.0 Å². The van der Waals surface area contributed by atoms with Crippen LogP contribution < -0.4 is 5.32 Å². The third-order valence-electron chi connectivity index (χ3n) is 5.32. The van der Waals surface area contributed by atoms with Gasteiger partial charge < -0.3 is 19.4 Å². The normalized spacial score (nSPS) is 15.8. The number of nitrogens with one attached hydrogen (secondary N) is 1. The molecule has 1 aromatic carbocycles. The lowest BCUT2D eigenvalue weighted by Crippen LogP contribution is -2.18. The quantitative estimate of drug-likeness (QED) is 0.305. The average molecular weight is 415 g/mol. The van der Waals surface area contributed by atoms with Gasteiger partial charge in [-0.1, -0.05) is 0 Å². The van der Waals surface area contributed by atoms with Gasteiger partial charge >= 0.3 is 5.97 Å². The van der Waals surface area contributed by atoms with Crippen LogP contribution in [0.4, 0.5) is 11.4 Å². The number of hydrogen-bond acceptors (Lipinski definition) is 7. The number of aromatic nitrogens is 1. The molecule has 1 saturated heterocycles. The van der Waals surface area contributed by atoms with Crippen molar-refractivity contribution in [3.8, 4) is 0 Å². The lowest BCUT2D eigenvalue weighted by atomic mass is 10.1. The molecule has 9 heteroatoms. The minimum absolute atomic E-state index is 0.0114. The van der Waals surface area contributed by atoms with Crippen molar-refractivity contribution >= 4 is 23.1 Å². The van der Waals surface area contributed by atoms with Gasteiger partial charge in [-0.25, -0.2) is 4.79 Å². The summed E-state index contributed by atoms with van der Waals surface area (Å²) in [5.74, 6) is -1.11. The molecule has 1 fully saturated rings. The van der Waals surface area contributed by atoms with Gasteiger partial charge in [-0.3, -0.25) is 14.9 Å². The first kappa shape index (κ1) is 21.5. The van der Waals surface area contributed by atoms with E-state index in [9.17, 15) is 19.7 Å². The van der Waals surface area contributed by atoms with Crippen LogP contribution in [0.15, 0.2) is 24.3 Å². The number of anilines is 1. The largest absolute Gasteiger partial charge is 0.454 e. The Hall–Kier alpha value is -3.20. The monoisotopic (exact) mass is 415 g/mol. The van der Waals surface area contributed by atoms with E-state index in [1.54, 1.807) is 13.1 Å². The Morgan fingerprint density at radius 3 is 2.73 bits per heavy atom. The van der Waals surface area contributed by atoms with Crippen LogP contribution in [0.25, 0.3) is 0 Å². The van der Waals surface area contributed by atoms with Crippen LogP contribution in [0.3, 0.4) is 0 Å². The van der Waals surface area contributed by atoms with Gasteiger partial charge in [-0.05, 0) is 44.9 Å². The second-order valence-electron chi connectivity index (χ2n) is 7.27. The molecule has 1 N–H and O–H groups in total. The van der Waals surface area contributed by atoms with E-state index in [0.29, 0.717) is 12.1 Å². The highest BCUT2D eigenvalue weighted by Crippen LogP contribution is 2.25. The zero-order valence-electron chi connectivity index (χ0n) is 17.3. The summed E-state index contributed by atoms with van der Waals surface area (Å²) in [5.41, 5.74) is 2.29. The molecule has 3 rings (SSSR count). The summed E-state index contributed by atoms with van der Waals surface area (Å²) in [5, 5.41) is 13.8. The van der Waals surface area contributed by atoms with Crippen molar-refractivity contribution in [2.45, 2.75) is 39.3 Å². The number of Topliss-reactive ketones (excluding diaryl/α,β-unsaturated/α-hetero) is 1. The van der Waals surface area contributed by atoms with Crippen LogP contribution in [0, 0.1) is 24.0 Å². The highest BCUT2D eigenvalue weighted by Gasteiger charge is 2.23. The molecule has 160 valence electrons.